The summed E-state index contributed by atoms with van der Waals surface area (Å²) in [6.07, 6.45) is 5.88. The molecule has 4 rings (SSSR count). The molecule has 2 aliphatic rings. The molecule has 0 aromatic heterocycles. The number of hydrogen-bond acceptors (Lipinski definition) is 4. The number of carbonyl (C=O) groups is 3. The molecular formula is C25H27ClN2O4. The Bertz CT molecular complexity index is 956. The molecule has 6 nitrogen and oxygen atoms in total. The van der Waals surface area contributed by atoms with Crippen molar-refractivity contribution >= 4 is 35.0 Å². The van der Waals surface area contributed by atoms with Crippen molar-refractivity contribution in [2.24, 2.45) is 0 Å². The van der Waals surface area contributed by atoms with Crippen LogP contribution in [0.25, 0.3) is 0 Å². The lowest BCUT2D eigenvalue weighted by Gasteiger charge is -2.35. The zero-order valence-electron chi connectivity index (χ0n) is 17.9. The fourth-order valence-corrected chi connectivity index (χ4v) is 4.72. The van der Waals surface area contributed by atoms with Gasteiger partial charge in [-0.15, -0.1) is 0 Å². The number of rotatable bonds is 6. The molecule has 1 aliphatic heterocycles. The van der Waals surface area contributed by atoms with Crippen molar-refractivity contribution in [1.29, 1.82) is 0 Å². The Labute approximate surface area is 193 Å². The van der Waals surface area contributed by atoms with Gasteiger partial charge >= 0.3 is 0 Å². The van der Waals surface area contributed by atoms with E-state index in [1.807, 2.05) is 18.2 Å². The van der Waals surface area contributed by atoms with Gasteiger partial charge in [0.25, 0.3) is 11.8 Å². The summed E-state index contributed by atoms with van der Waals surface area (Å²) in [6.45, 7) is -0.167. The van der Waals surface area contributed by atoms with Crippen molar-refractivity contribution in [3.05, 3.63) is 59.6 Å². The van der Waals surface area contributed by atoms with Crippen LogP contribution in [-0.2, 0) is 14.4 Å². The molecule has 0 N–H and O–H groups in total. The van der Waals surface area contributed by atoms with E-state index in [1.165, 1.54) is 4.90 Å². The summed E-state index contributed by atoms with van der Waals surface area (Å²) < 4.78 is 5.70. The maximum absolute atomic E-state index is 13.4. The van der Waals surface area contributed by atoms with Crippen LogP contribution in [-0.4, -0.2) is 41.3 Å². The summed E-state index contributed by atoms with van der Waals surface area (Å²) in [6, 6.07) is 14.8. The minimum atomic E-state index is -0.812. The largest absolute Gasteiger partial charge is 0.484 e. The molecule has 0 radical (unpaired) electrons. The Balaban J connectivity index is 1.57. The molecule has 3 amide bonds. The number of hydrogen-bond donors (Lipinski definition) is 0. The highest BCUT2D eigenvalue weighted by Gasteiger charge is 2.46. The number of nitrogens with zero attached hydrogens (tertiary/aromatic N) is 2. The molecule has 1 unspecified atom stereocenters. The summed E-state index contributed by atoms with van der Waals surface area (Å²) in [7, 11) is 0. The molecule has 1 heterocycles. The van der Waals surface area contributed by atoms with Crippen LogP contribution < -0.4 is 9.64 Å². The SMILES string of the molecule is O=C1CC(N(C(=O)COc2ccccc2)C2CCCCCC2)C(=O)N1c1ccc(Cl)cc1. The van der Waals surface area contributed by atoms with Crippen LogP contribution in [0.4, 0.5) is 5.69 Å². The molecule has 1 saturated heterocycles. The monoisotopic (exact) mass is 454 g/mol. The van der Waals surface area contributed by atoms with Gasteiger partial charge in [-0.25, -0.2) is 4.90 Å². The smallest absolute Gasteiger partial charge is 0.261 e. The van der Waals surface area contributed by atoms with E-state index >= 15 is 0 Å². The third kappa shape index (κ3) is 4.96. The zero-order valence-corrected chi connectivity index (χ0v) is 18.7. The third-order valence-corrected chi connectivity index (χ3v) is 6.41. The Kier molecular flexibility index (Phi) is 7.10. The number of amides is 3. The van der Waals surface area contributed by atoms with Gasteiger partial charge in [-0.1, -0.05) is 55.5 Å². The average Bonchev–Trinajstić information content (AvgIpc) is 2.97. The first-order valence-electron chi connectivity index (χ1n) is 11.2. The second kappa shape index (κ2) is 10.2. The van der Waals surface area contributed by atoms with Crippen molar-refractivity contribution in [1.82, 2.24) is 4.90 Å². The molecule has 2 fully saturated rings. The zero-order chi connectivity index (χ0) is 22.5. The molecule has 2 aromatic rings. The van der Waals surface area contributed by atoms with E-state index in [0.717, 1.165) is 38.5 Å². The second-order valence-corrected chi connectivity index (χ2v) is 8.75. The van der Waals surface area contributed by atoms with Gasteiger partial charge < -0.3 is 9.64 Å². The minimum absolute atomic E-state index is 0.0188. The van der Waals surface area contributed by atoms with E-state index in [1.54, 1.807) is 41.3 Å². The molecule has 168 valence electrons. The van der Waals surface area contributed by atoms with Gasteiger partial charge in [0.2, 0.25) is 5.91 Å². The average molecular weight is 455 g/mol. The van der Waals surface area contributed by atoms with Crippen molar-refractivity contribution in [2.45, 2.75) is 57.0 Å². The standard InChI is InChI=1S/C25H27ClN2O4/c26-18-12-14-20(15-13-18)28-23(29)16-22(25(28)31)27(19-8-4-1-2-5-9-19)24(30)17-32-21-10-6-3-7-11-21/h3,6-7,10-15,19,22H,1-2,4-5,8-9,16-17H2. The van der Waals surface area contributed by atoms with Crippen molar-refractivity contribution in [2.75, 3.05) is 11.5 Å². The first kappa shape index (κ1) is 22.3. The Hall–Kier alpha value is -2.86. The lowest BCUT2D eigenvalue weighted by molar-refractivity contribution is -0.143. The second-order valence-electron chi connectivity index (χ2n) is 8.31. The lowest BCUT2D eigenvalue weighted by atomic mass is 10.0. The maximum Gasteiger partial charge on any atom is 0.261 e. The van der Waals surface area contributed by atoms with Gasteiger partial charge in [0, 0.05) is 11.1 Å². The van der Waals surface area contributed by atoms with Crippen LogP contribution in [0.3, 0.4) is 0 Å². The number of benzene rings is 2. The predicted molar refractivity (Wildman–Crippen MR) is 123 cm³/mol. The van der Waals surface area contributed by atoms with Crippen LogP contribution in [0, 0.1) is 0 Å². The number of imide groups is 1. The quantitative estimate of drug-likeness (QED) is 0.472. The molecule has 1 atom stereocenters. The first-order valence-corrected chi connectivity index (χ1v) is 11.5. The van der Waals surface area contributed by atoms with Crippen LogP contribution in [0.1, 0.15) is 44.9 Å². The van der Waals surface area contributed by atoms with Gasteiger partial charge in [-0.05, 0) is 49.2 Å². The molecule has 0 bridgehead atoms. The molecule has 1 saturated carbocycles. The maximum atomic E-state index is 13.4. The number of halogens is 1. The van der Waals surface area contributed by atoms with E-state index in [2.05, 4.69) is 0 Å². The van der Waals surface area contributed by atoms with Crippen LogP contribution in [0.5, 0.6) is 5.75 Å². The van der Waals surface area contributed by atoms with Crippen LogP contribution >= 0.6 is 11.6 Å². The van der Waals surface area contributed by atoms with Gasteiger partial charge in [0.05, 0.1) is 12.1 Å². The van der Waals surface area contributed by atoms with Crippen molar-refractivity contribution in [3.63, 3.8) is 0 Å². The highest BCUT2D eigenvalue weighted by atomic mass is 35.5. The molecule has 32 heavy (non-hydrogen) atoms. The van der Waals surface area contributed by atoms with Crippen LogP contribution in [0.2, 0.25) is 5.02 Å². The molecule has 2 aromatic carbocycles. The van der Waals surface area contributed by atoms with Crippen molar-refractivity contribution < 1.29 is 19.1 Å². The topological polar surface area (TPSA) is 66.9 Å². The summed E-state index contributed by atoms with van der Waals surface area (Å²) in [5, 5.41) is 0.526. The first-order chi connectivity index (χ1) is 15.5. The highest BCUT2D eigenvalue weighted by Crippen LogP contribution is 2.31. The number of carbonyl (C=O) groups excluding carboxylic acids is 3. The van der Waals surface area contributed by atoms with Crippen LogP contribution in [0.15, 0.2) is 54.6 Å². The Morgan fingerprint density at radius 2 is 1.62 bits per heavy atom. The minimum Gasteiger partial charge on any atom is -0.484 e. The normalized spacial score (nSPS) is 19.7. The van der Waals surface area contributed by atoms with E-state index in [4.69, 9.17) is 16.3 Å². The Morgan fingerprint density at radius 1 is 0.969 bits per heavy atom. The van der Waals surface area contributed by atoms with Gasteiger partial charge in [0.1, 0.15) is 11.8 Å². The van der Waals surface area contributed by atoms with Gasteiger partial charge in [-0.2, -0.15) is 0 Å². The van der Waals surface area contributed by atoms with E-state index < -0.39 is 6.04 Å². The summed E-state index contributed by atoms with van der Waals surface area (Å²) in [5.74, 6) is -0.338. The molecular weight excluding hydrogens is 428 g/mol. The third-order valence-electron chi connectivity index (χ3n) is 6.16. The summed E-state index contributed by atoms with van der Waals surface area (Å²) >= 11 is 5.96. The van der Waals surface area contributed by atoms with Gasteiger partial charge in [0.15, 0.2) is 6.61 Å². The predicted octanol–water partition coefficient (Wildman–Crippen LogP) is 4.60. The van der Waals surface area contributed by atoms with Crippen molar-refractivity contribution in [3.8, 4) is 5.75 Å². The summed E-state index contributed by atoms with van der Waals surface area (Å²) in [4.78, 5) is 42.4. The number of anilines is 1. The Morgan fingerprint density at radius 3 is 2.28 bits per heavy atom. The molecule has 0 spiro atoms. The lowest BCUT2D eigenvalue weighted by Crippen LogP contribution is -2.52. The molecule has 7 heteroatoms. The fourth-order valence-electron chi connectivity index (χ4n) is 4.60. The number of para-hydroxylation sites is 1. The molecule has 1 aliphatic carbocycles. The van der Waals surface area contributed by atoms with Gasteiger partial charge in [-0.3, -0.25) is 14.4 Å². The summed E-state index contributed by atoms with van der Waals surface area (Å²) in [5.41, 5.74) is 0.473. The number of ether oxygens (including phenoxy) is 1. The van der Waals surface area contributed by atoms with E-state index in [9.17, 15) is 14.4 Å². The highest BCUT2D eigenvalue weighted by molar-refractivity contribution is 6.30. The van der Waals surface area contributed by atoms with E-state index in [0.29, 0.717) is 16.5 Å². The fraction of sp³-hybridized carbons (Fsp3) is 0.400. The van der Waals surface area contributed by atoms with E-state index in [-0.39, 0.29) is 36.8 Å².